The Morgan fingerprint density at radius 1 is 1.22 bits per heavy atom. The fraction of sp³-hybridized carbons (Fsp3) is 0.300. The largest absolute Gasteiger partial charge is 0.484 e. The standard InChI is InChI=1S/C20H22N4O3/c1-13(2)17-5-4-16(10-14(17)3)26-12-18(25)22-11-19-23-20(24-27-19)15-6-8-21-9-7-15/h4-10,13H,11-12H2,1-3H3,(H,22,25). The minimum atomic E-state index is -0.260. The Hall–Kier alpha value is -3.22. The maximum Gasteiger partial charge on any atom is 0.258 e. The highest BCUT2D eigenvalue weighted by molar-refractivity contribution is 5.77. The Labute approximate surface area is 157 Å². The second-order valence-corrected chi connectivity index (χ2v) is 6.49. The maximum absolute atomic E-state index is 12.0. The molecule has 2 aromatic heterocycles. The third kappa shape index (κ3) is 4.91. The molecule has 2 heterocycles. The molecule has 7 heteroatoms. The average molecular weight is 366 g/mol. The molecule has 3 rings (SSSR count). The number of aryl methyl sites for hydroxylation is 1. The predicted molar refractivity (Wildman–Crippen MR) is 100 cm³/mol. The second kappa shape index (κ2) is 8.44. The molecule has 0 bridgehead atoms. The van der Waals surface area contributed by atoms with Gasteiger partial charge in [0, 0.05) is 18.0 Å². The lowest BCUT2D eigenvalue weighted by atomic mass is 9.98. The average Bonchev–Trinajstić information content (AvgIpc) is 3.14. The SMILES string of the molecule is Cc1cc(OCC(=O)NCc2nc(-c3ccncc3)no2)ccc1C(C)C. The molecule has 0 saturated carbocycles. The molecule has 7 nitrogen and oxygen atoms in total. The monoisotopic (exact) mass is 366 g/mol. The minimum absolute atomic E-state index is 0.0776. The van der Waals surface area contributed by atoms with Gasteiger partial charge in [-0.15, -0.1) is 0 Å². The Morgan fingerprint density at radius 2 is 2.00 bits per heavy atom. The zero-order valence-electron chi connectivity index (χ0n) is 15.6. The number of rotatable bonds is 7. The van der Waals surface area contributed by atoms with Crippen LogP contribution in [0.1, 0.15) is 36.8 Å². The van der Waals surface area contributed by atoms with Gasteiger partial charge in [-0.25, -0.2) is 0 Å². The maximum atomic E-state index is 12.0. The molecule has 0 radical (unpaired) electrons. The number of carbonyl (C=O) groups is 1. The van der Waals surface area contributed by atoms with Gasteiger partial charge in [-0.2, -0.15) is 4.98 Å². The van der Waals surface area contributed by atoms with Gasteiger partial charge in [-0.3, -0.25) is 9.78 Å². The van der Waals surface area contributed by atoms with Crippen LogP contribution in [0.2, 0.25) is 0 Å². The molecular formula is C20H22N4O3. The Balaban J connectivity index is 1.49. The van der Waals surface area contributed by atoms with E-state index in [2.05, 4.69) is 34.3 Å². The van der Waals surface area contributed by atoms with E-state index in [4.69, 9.17) is 9.26 Å². The van der Waals surface area contributed by atoms with Crippen molar-refractivity contribution in [2.75, 3.05) is 6.61 Å². The van der Waals surface area contributed by atoms with E-state index in [1.807, 2.05) is 25.1 Å². The summed E-state index contributed by atoms with van der Waals surface area (Å²) in [7, 11) is 0. The number of nitrogens with zero attached hydrogens (tertiary/aromatic N) is 3. The van der Waals surface area contributed by atoms with Gasteiger partial charge in [0.1, 0.15) is 5.75 Å². The molecule has 0 atom stereocenters. The van der Waals surface area contributed by atoms with Crippen LogP contribution in [0.4, 0.5) is 0 Å². The van der Waals surface area contributed by atoms with Gasteiger partial charge in [-0.1, -0.05) is 25.1 Å². The second-order valence-electron chi connectivity index (χ2n) is 6.49. The molecule has 0 saturated heterocycles. The van der Waals surface area contributed by atoms with Crippen LogP contribution in [0.25, 0.3) is 11.4 Å². The van der Waals surface area contributed by atoms with E-state index in [1.54, 1.807) is 24.5 Å². The smallest absolute Gasteiger partial charge is 0.258 e. The molecule has 1 aromatic carbocycles. The van der Waals surface area contributed by atoms with Gasteiger partial charge in [0.15, 0.2) is 6.61 Å². The molecule has 1 amide bonds. The van der Waals surface area contributed by atoms with Crippen molar-refractivity contribution in [2.45, 2.75) is 33.2 Å². The summed E-state index contributed by atoms with van der Waals surface area (Å²) in [5.41, 5.74) is 3.22. The van der Waals surface area contributed by atoms with Crippen LogP contribution in [0, 0.1) is 6.92 Å². The summed E-state index contributed by atoms with van der Waals surface area (Å²) < 4.78 is 10.7. The van der Waals surface area contributed by atoms with Crippen molar-refractivity contribution >= 4 is 5.91 Å². The summed E-state index contributed by atoms with van der Waals surface area (Å²) >= 11 is 0. The quantitative estimate of drug-likeness (QED) is 0.690. The summed E-state index contributed by atoms with van der Waals surface area (Å²) in [4.78, 5) is 20.2. The lowest BCUT2D eigenvalue weighted by Crippen LogP contribution is -2.28. The molecule has 0 aliphatic heterocycles. The molecule has 0 aliphatic rings. The van der Waals surface area contributed by atoms with Gasteiger partial charge in [0.05, 0.1) is 6.54 Å². The number of carbonyl (C=O) groups excluding carboxylic acids is 1. The summed E-state index contributed by atoms with van der Waals surface area (Å²) in [6.45, 7) is 6.40. The Morgan fingerprint density at radius 3 is 2.70 bits per heavy atom. The van der Waals surface area contributed by atoms with E-state index >= 15 is 0 Å². The van der Waals surface area contributed by atoms with Crippen LogP contribution in [-0.4, -0.2) is 27.6 Å². The zero-order chi connectivity index (χ0) is 19.2. The first-order chi connectivity index (χ1) is 13.0. The zero-order valence-corrected chi connectivity index (χ0v) is 15.6. The van der Waals surface area contributed by atoms with Gasteiger partial charge in [0.2, 0.25) is 11.7 Å². The van der Waals surface area contributed by atoms with Crippen LogP contribution in [0.3, 0.4) is 0 Å². The highest BCUT2D eigenvalue weighted by atomic mass is 16.5. The molecule has 3 aromatic rings. The molecule has 0 unspecified atom stereocenters. The minimum Gasteiger partial charge on any atom is -0.484 e. The Kier molecular flexibility index (Phi) is 5.80. The summed E-state index contributed by atoms with van der Waals surface area (Å²) in [5.74, 6) is 1.65. The number of nitrogens with one attached hydrogen (secondary N) is 1. The highest BCUT2D eigenvalue weighted by Crippen LogP contribution is 2.23. The number of aromatic nitrogens is 3. The first kappa shape index (κ1) is 18.6. The molecule has 0 fully saturated rings. The summed E-state index contributed by atoms with van der Waals surface area (Å²) in [6, 6.07) is 9.43. The molecule has 1 N–H and O–H groups in total. The molecule has 140 valence electrons. The van der Waals surface area contributed by atoms with Crippen molar-refractivity contribution in [2.24, 2.45) is 0 Å². The number of benzene rings is 1. The van der Waals surface area contributed by atoms with E-state index in [0.717, 1.165) is 11.1 Å². The fourth-order valence-electron chi connectivity index (χ4n) is 2.70. The van der Waals surface area contributed by atoms with Crippen LogP contribution < -0.4 is 10.1 Å². The van der Waals surface area contributed by atoms with E-state index in [9.17, 15) is 4.79 Å². The lowest BCUT2D eigenvalue weighted by molar-refractivity contribution is -0.123. The van der Waals surface area contributed by atoms with Crippen LogP contribution in [0.5, 0.6) is 5.75 Å². The van der Waals surface area contributed by atoms with Crippen molar-refractivity contribution < 1.29 is 14.1 Å². The van der Waals surface area contributed by atoms with Gasteiger partial charge in [0.25, 0.3) is 5.91 Å². The number of amides is 1. The van der Waals surface area contributed by atoms with Crippen LogP contribution >= 0.6 is 0 Å². The lowest BCUT2D eigenvalue weighted by Gasteiger charge is -2.12. The van der Waals surface area contributed by atoms with Crippen molar-refractivity contribution in [3.05, 3.63) is 59.7 Å². The van der Waals surface area contributed by atoms with Gasteiger partial charge in [-0.05, 0) is 48.2 Å². The van der Waals surface area contributed by atoms with E-state index in [-0.39, 0.29) is 19.1 Å². The molecule has 0 aliphatic carbocycles. The fourth-order valence-corrected chi connectivity index (χ4v) is 2.70. The highest BCUT2D eigenvalue weighted by Gasteiger charge is 2.11. The predicted octanol–water partition coefficient (Wildman–Crippen LogP) is 3.26. The number of hydrogen-bond donors (Lipinski definition) is 1. The third-order valence-electron chi connectivity index (χ3n) is 4.08. The topological polar surface area (TPSA) is 90.1 Å². The van der Waals surface area contributed by atoms with Crippen LogP contribution in [-0.2, 0) is 11.3 Å². The number of pyridine rings is 1. The molecular weight excluding hydrogens is 344 g/mol. The van der Waals surface area contributed by atoms with Gasteiger partial charge >= 0.3 is 0 Å². The summed E-state index contributed by atoms with van der Waals surface area (Å²) in [5, 5.41) is 6.60. The van der Waals surface area contributed by atoms with Crippen LogP contribution in [0.15, 0.2) is 47.2 Å². The van der Waals surface area contributed by atoms with Gasteiger partial charge < -0.3 is 14.6 Å². The van der Waals surface area contributed by atoms with Crippen molar-refractivity contribution in [1.82, 2.24) is 20.4 Å². The normalized spacial score (nSPS) is 10.8. The first-order valence-corrected chi connectivity index (χ1v) is 8.76. The van der Waals surface area contributed by atoms with Crippen molar-refractivity contribution in [3.8, 4) is 17.1 Å². The third-order valence-corrected chi connectivity index (χ3v) is 4.08. The molecule has 0 spiro atoms. The first-order valence-electron chi connectivity index (χ1n) is 8.76. The Bertz CT molecular complexity index is 907. The van der Waals surface area contributed by atoms with Crippen molar-refractivity contribution in [1.29, 1.82) is 0 Å². The summed E-state index contributed by atoms with van der Waals surface area (Å²) in [6.07, 6.45) is 3.31. The number of hydrogen-bond acceptors (Lipinski definition) is 6. The van der Waals surface area contributed by atoms with Crippen molar-refractivity contribution in [3.63, 3.8) is 0 Å². The van der Waals surface area contributed by atoms with E-state index in [0.29, 0.717) is 23.4 Å². The van der Waals surface area contributed by atoms with E-state index < -0.39 is 0 Å². The molecule has 27 heavy (non-hydrogen) atoms. The number of ether oxygens (including phenoxy) is 1. The van der Waals surface area contributed by atoms with E-state index in [1.165, 1.54) is 5.56 Å².